The summed E-state index contributed by atoms with van der Waals surface area (Å²) in [7, 11) is 1.66. The molecular formula is C21H17ClO2S2. The molecule has 0 aliphatic heterocycles. The number of carbonyl (C=O) groups is 1. The Morgan fingerprint density at radius 2 is 1.96 bits per heavy atom. The van der Waals surface area contributed by atoms with E-state index in [0.29, 0.717) is 9.21 Å². The highest BCUT2D eigenvalue weighted by Gasteiger charge is 2.07. The van der Waals surface area contributed by atoms with Crippen LogP contribution in [0.2, 0.25) is 4.34 Å². The van der Waals surface area contributed by atoms with Gasteiger partial charge in [0.2, 0.25) is 0 Å². The number of benzene rings is 2. The molecule has 0 aliphatic carbocycles. The number of thiophene rings is 1. The minimum Gasteiger partial charge on any atom is -0.496 e. The van der Waals surface area contributed by atoms with Crippen molar-refractivity contribution in [2.45, 2.75) is 10.6 Å². The monoisotopic (exact) mass is 400 g/mol. The molecule has 0 amide bonds. The van der Waals surface area contributed by atoms with Gasteiger partial charge >= 0.3 is 0 Å². The quantitative estimate of drug-likeness (QED) is 0.254. The van der Waals surface area contributed by atoms with Crippen molar-refractivity contribution in [3.8, 4) is 5.75 Å². The van der Waals surface area contributed by atoms with Crippen LogP contribution in [-0.2, 0) is 5.75 Å². The molecule has 2 aromatic carbocycles. The summed E-state index contributed by atoms with van der Waals surface area (Å²) in [5, 5.41) is 0. The van der Waals surface area contributed by atoms with Crippen molar-refractivity contribution in [1.29, 1.82) is 0 Å². The number of allylic oxidation sites excluding steroid dienone is 1. The van der Waals surface area contributed by atoms with E-state index in [2.05, 4.69) is 12.1 Å². The molecule has 0 atom stereocenters. The lowest BCUT2D eigenvalue weighted by Crippen LogP contribution is -1.92. The Kier molecular flexibility index (Phi) is 6.56. The van der Waals surface area contributed by atoms with E-state index in [-0.39, 0.29) is 5.78 Å². The van der Waals surface area contributed by atoms with E-state index >= 15 is 0 Å². The molecule has 0 bridgehead atoms. The summed E-state index contributed by atoms with van der Waals surface area (Å²) in [6.45, 7) is 0. The first-order chi connectivity index (χ1) is 12.7. The third kappa shape index (κ3) is 5.01. The van der Waals surface area contributed by atoms with Crippen LogP contribution in [0.1, 0.15) is 20.8 Å². The fourth-order valence-electron chi connectivity index (χ4n) is 2.36. The molecular weight excluding hydrogens is 384 g/mol. The average Bonchev–Trinajstić information content (AvgIpc) is 3.12. The van der Waals surface area contributed by atoms with Gasteiger partial charge in [-0.3, -0.25) is 4.79 Å². The van der Waals surface area contributed by atoms with Gasteiger partial charge in [0, 0.05) is 16.2 Å². The highest BCUT2D eigenvalue weighted by molar-refractivity contribution is 7.98. The number of ether oxygens (including phenoxy) is 1. The Hall–Kier alpha value is -2.01. The van der Waals surface area contributed by atoms with Gasteiger partial charge in [0.1, 0.15) is 5.75 Å². The smallest absolute Gasteiger partial charge is 0.195 e. The van der Waals surface area contributed by atoms with Gasteiger partial charge in [-0.15, -0.1) is 23.1 Å². The summed E-state index contributed by atoms with van der Waals surface area (Å²) in [6.07, 6.45) is 3.36. The Morgan fingerprint density at radius 3 is 2.65 bits per heavy atom. The Balaban J connectivity index is 1.69. The van der Waals surface area contributed by atoms with Crippen molar-refractivity contribution < 1.29 is 9.53 Å². The molecule has 0 unspecified atom stereocenters. The molecule has 0 fully saturated rings. The number of ketones is 1. The van der Waals surface area contributed by atoms with Crippen LogP contribution in [0, 0.1) is 0 Å². The van der Waals surface area contributed by atoms with Crippen molar-refractivity contribution in [3.05, 3.63) is 87.1 Å². The van der Waals surface area contributed by atoms with Crippen molar-refractivity contribution in [1.82, 2.24) is 0 Å². The molecule has 26 heavy (non-hydrogen) atoms. The normalized spacial score (nSPS) is 11.0. The van der Waals surface area contributed by atoms with Crippen LogP contribution >= 0.6 is 34.7 Å². The number of hydrogen-bond donors (Lipinski definition) is 0. The van der Waals surface area contributed by atoms with E-state index < -0.39 is 0 Å². The predicted molar refractivity (Wildman–Crippen MR) is 112 cm³/mol. The number of halogens is 1. The van der Waals surface area contributed by atoms with Crippen molar-refractivity contribution >= 4 is 46.6 Å². The van der Waals surface area contributed by atoms with Crippen molar-refractivity contribution in [3.63, 3.8) is 0 Å². The maximum atomic E-state index is 12.1. The van der Waals surface area contributed by atoms with Crippen LogP contribution in [0.4, 0.5) is 0 Å². The number of methoxy groups -OCH3 is 1. The third-order valence-electron chi connectivity index (χ3n) is 3.69. The first kappa shape index (κ1) is 18.8. The summed E-state index contributed by atoms with van der Waals surface area (Å²) in [4.78, 5) is 14.0. The summed E-state index contributed by atoms with van der Waals surface area (Å²) in [5.74, 6) is 1.59. The zero-order valence-electron chi connectivity index (χ0n) is 14.1. The zero-order chi connectivity index (χ0) is 18.4. The van der Waals surface area contributed by atoms with Gasteiger partial charge in [0.25, 0.3) is 0 Å². The Bertz CT molecular complexity index is 917. The van der Waals surface area contributed by atoms with Gasteiger partial charge in [-0.05, 0) is 42.0 Å². The van der Waals surface area contributed by atoms with E-state index in [1.165, 1.54) is 16.2 Å². The molecule has 132 valence electrons. The van der Waals surface area contributed by atoms with Crippen LogP contribution in [-0.4, -0.2) is 12.9 Å². The minimum absolute atomic E-state index is 0.0513. The van der Waals surface area contributed by atoms with Gasteiger partial charge in [-0.1, -0.05) is 48.0 Å². The summed E-state index contributed by atoms with van der Waals surface area (Å²) in [5.41, 5.74) is 2.04. The van der Waals surface area contributed by atoms with Crippen molar-refractivity contribution in [2.75, 3.05) is 7.11 Å². The molecule has 0 radical (unpaired) electrons. The second-order valence-electron chi connectivity index (χ2n) is 5.47. The molecule has 1 heterocycles. The standard InChI is InChI=1S/C21H17ClO2S2/c1-24-19-13-15(8-10-18(23)20-11-12-21(22)26-20)7-9-16(19)14-25-17-5-3-2-4-6-17/h2-13H,14H2,1H3/b10-8+. The Labute approximate surface area is 166 Å². The van der Waals surface area contributed by atoms with Crippen LogP contribution in [0.25, 0.3) is 6.08 Å². The number of hydrogen-bond acceptors (Lipinski definition) is 4. The molecule has 5 heteroatoms. The highest BCUT2D eigenvalue weighted by atomic mass is 35.5. The zero-order valence-corrected chi connectivity index (χ0v) is 16.5. The topological polar surface area (TPSA) is 26.3 Å². The maximum Gasteiger partial charge on any atom is 0.195 e. The lowest BCUT2D eigenvalue weighted by atomic mass is 10.1. The number of thioether (sulfide) groups is 1. The van der Waals surface area contributed by atoms with Crippen LogP contribution in [0.3, 0.4) is 0 Å². The third-order valence-corrected chi connectivity index (χ3v) is 6.00. The predicted octanol–water partition coefficient (Wildman–Crippen LogP) is 6.60. The molecule has 0 aliphatic rings. The van der Waals surface area contributed by atoms with Crippen LogP contribution in [0.5, 0.6) is 5.75 Å². The SMILES string of the molecule is COc1cc(/C=C/C(=O)c2ccc(Cl)s2)ccc1CSc1ccccc1. The lowest BCUT2D eigenvalue weighted by molar-refractivity contribution is 0.105. The molecule has 2 nitrogen and oxygen atoms in total. The van der Waals surface area contributed by atoms with E-state index in [1.54, 1.807) is 43.2 Å². The van der Waals surface area contributed by atoms with Crippen LogP contribution in [0.15, 0.2) is 71.6 Å². The molecule has 3 rings (SSSR count). The number of rotatable bonds is 7. The molecule has 3 aromatic rings. The maximum absolute atomic E-state index is 12.1. The van der Waals surface area contributed by atoms with Gasteiger partial charge in [-0.25, -0.2) is 0 Å². The second kappa shape index (κ2) is 9.08. The molecule has 0 saturated carbocycles. The van der Waals surface area contributed by atoms with Gasteiger partial charge in [0.05, 0.1) is 16.3 Å². The fraction of sp³-hybridized carbons (Fsp3) is 0.0952. The Morgan fingerprint density at radius 1 is 1.15 bits per heavy atom. The first-order valence-electron chi connectivity index (χ1n) is 7.98. The van der Waals surface area contributed by atoms with E-state index in [0.717, 1.165) is 22.6 Å². The largest absolute Gasteiger partial charge is 0.496 e. The fourth-order valence-corrected chi connectivity index (χ4v) is 4.24. The molecule has 0 spiro atoms. The molecule has 0 saturated heterocycles. The van der Waals surface area contributed by atoms with Crippen LogP contribution < -0.4 is 4.74 Å². The summed E-state index contributed by atoms with van der Waals surface area (Å²) < 4.78 is 6.14. The van der Waals surface area contributed by atoms with Gasteiger partial charge in [0.15, 0.2) is 5.78 Å². The average molecular weight is 401 g/mol. The lowest BCUT2D eigenvalue weighted by Gasteiger charge is -2.09. The van der Waals surface area contributed by atoms with Crippen molar-refractivity contribution in [2.24, 2.45) is 0 Å². The second-order valence-corrected chi connectivity index (χ2v) is 8.24. The molecule has 1 aromatic heterocycles. The van der Waals surface area contributed by atoms with E-state index in [4.69, 9.17) is 16.3 Å². The number of carbonyl (C=O) groups excluding carboxylic acids is 1. The minimum atomic E-state index is -0.0513. The van der Waals surface area contributed by atoms with E-state index in [1.807, 2.05) is 36.4 Å². The van der Waals surface area contributed by atoms with Gasteiger partial charge in [-0.2, -0.15) is 0 Å². The summed E-state index contributed by atoms with van der Waals surface area (Å²) >= 11 is 8.92. The first-order valence-corrected chi connectivity index (χ1v) is 10.2. The molecule has 0 N–H and O–H groups in total. The van der Waals surface area contributed by atoms with E-state index in [9.17, 15) is 4.79 Å². The highest BCUT2D eigenvalue weighted by Crippen LogP contribution is 2.29. The van der Waals surface area contributed by atoms with Gasteiger partial charge < -0.3 is 4.74 Å². The summed E-state index contributed by atoms with van der Waals surface area (Å²) in [6, 6.07) is 19.7.